The van der Waals surface area contributed by atoms with Crippen LogP contribution in [0.5, 0.6) is 0 Å². The van der Waals surface area contributed by atoms with Gasteiger partial charge in [0.1, 0.15) is 0 Å². The van der Waals surface area contributed by atoms with Crippen molar-refractivity contribution < 1.29 is 9.59 Å². The van der Waals surface area contributed by atoms with Gasteiger partial charge in [0, 0.05) is 12.8 Å². The van der Waals surface area contributed by atoms with Gasteiger partial charge in [0.15, 0.2) is 0 Å². The molecule has 1 aliphatic rings. The summed E-state index contributed by atoms with van der Waals surface area (Å²) in [5.41, 5.74) is 0. The lowest BCUT2D eigenvalue weighted by Gasteiger charge is -2.07. The average molecular weight is 493 g/mol. The summed E-state index contributed by atoms with van der Waals surface area (Å²) in [5, 5.41) is 6.21. The van der Waals surface area contributed by atoms with Crippen LogP contribution in [0.1, 0.15) is 174 Å². The molecule has 35 heavy (non-hydrogen) atoms. The highest BCUT2D eigenvalue weighted by atomic mass is 16.2. The molecular formula is C31H60N2O2. The van der Waals surface area contributed by atoms with E-state index in [0.717, 1.165) is 32.1 Å². The van der Waals surface area contributed by atoms with Crippen LogP contribution in [-0.4, -0.2) is 23.9 Å². The molecule has 0 saturated heterocycles. The van der Waals surface area contributed by atoms with Crippen molar-refractivity contribution in [2.24, 2.45) is 0 Å². The first-order chi connectivity index (χ1) is 17.2. The molecule has 4 heteroatoms. The second-order valence-electron chi connectivity index (χ2n) is 11.2. The third-order valence-corrected chi connectivity index (χ3v) is 7.50. The molecule has 0 spiro atoms. The van der Waals surface area contributed by atoms with Gasteiger partial charge < -0.3 is 10.6 Å². The minimum absolute atomic E-state index is 0.160. The quantitative estimate of drug-likeness (QED) is 0.119. The summed E-state index contributed by atoms with van der Waals surface area (Å²) in [5.74, 6) is 0.320. The van der Waals surface area contributed by atoms with Crippen LogP contribution in [0.2, 0.25) is 0 Å². The normalized spacial score (nSPS) is 16.9. The molecule has 2 amide bonds. The number of nitrogens with one attached hydrogen (secondary N) is 2. The van der Waals surface area contributed by atoms with Crippen molar-refractivity contribution in [3.8, 4) is 0 Å². The van der Waals surface area contributed by atoms with E-state index in [-0.39, 0.29) is 23.9 Å². The zero-order valence-corrected chi connectivity index (χ0v) is 23.6. The highest BCUT2D eigenvalue weighted by molar-refractivity contribution is 5.78. The summed E-state index contributed by atoms with van der Waals surface area (Å²) in [6.07, 6.45) is 30.8. The summed E-state index contributed by atoms with van der Waals surface area (Å²) in [6.45, 7) is 4.53. The fourth-order valence-corrected chi connectivity index (χ4v) is 4.97. The van der Waals surface area contributed by atoms with E-state index < -0.39 is 0 Å². The van der Waals surface area contributed by atoms with Gasteiger partial charge in [0.25, 0.3) is 0 Å². The van der Waals surface area contributed by atoms with E-state index in [4.69, 9.17) is 0 Å². The van der Waals surface area contributed by atoms with Crippen LogP contribution >= 0.6 is 0 Å². The second-order valence-corrected chi connectivity index (χ2v) is 11.2. The second kappa shape index (κ2) is 23.3. The first kappa shape index (κ1) is 32.0. The summed E-state index contributed by atoms with van der Waals surface area (Å²) in [6, 6.07) is 0.327. The average Bonchev–Trinajstić information content (AvgIpc) is 3.57. The van der Waals surface area contributed by atoms with Gasteiger partial charge in [-0.05, 0) is 19.3 Å². The molecule has 1 rings (SSSR count). The summed E-state index contributed by atoms with van der Waals surface area (Å²) in [7, 11) is 0. The number of carbonyl (C=O) groups excluding carboxylic acids is 2. The first-order valence-electron chi connectivity index (χ1n) is 15.8. The van der Waals surface area contributed by atoms with Crippen LogP contribution in [-0.2, 0) is 9.59 Å². The minimum Gasteiger partial charge on any atom is -0.351 e. The number of unbranched alkanes of at least 4 members (excludes halogenated alkanes) is 20. The van der Waals surface area contributed by atoms with Crippen molar-refractivity contribution in [2.75, 3.05) is 0 Å². The molecule has 0 heterocycles. The zero-order chi connectivity index (χ0) is 25.4. The van der Waals surface area contributed by atoms with E-state index in [1.165, 1.54) is 116 Å². The molecule has 0 aromatic heterocycles. The summed E-state index contributed by atoms with van der Waals surface area (Å²) < 4.78 is 0. The van der Waals surface area contributed by atoms with E-state index in [1.54, 1.807) is 0 Å². The van der Waals surface area contributed by atoms with E-state index in [0.29, 0.717) is 12.8 Å². The fourth-order valence-electron chi connectivity index (χ4n) is 4.97. The Morgan fingerprint density at radius 2 is 0.714 bits per heavy atom. The Bertz CT molecular complexity index is 464. The maximum Gasteiger partial charge on any atom is 0.220 e. The standard InChI is InChI=1S/C31H60N2O2/c1-3-5-7-9-11-13-15-17-19-21-23-25-30(34)32-28-27-29(28)33-31(35)26-24-22-20-18-16-14-12-10-8-6-4-2/h28-29H,3-27H2,1-2H3,(H,32,34)(H,33,35)/t28-,29+. The van der Waals surface area contributed by atoms with Crippen molar-refractivity contribution in [3.63, 3.8) is 0 Å². The number of rotatable bonds is 26. The fraction of sp³-hybridized carbons (Fsp3) is 0.935. The Balaban J connectivity index is 1.84. The molecule has 0 radical (unpaired) electrons. The number of carbonyl (C=O) groups is 2. The van der Waals surface area contributed by atoms with Gasteiger partial charge in [0.2, 0.25) is 11.8 Å². The summed E-state index contributed by atoms with van der Waals surface area (Å²) in [4.78, 5) is 24.3. The van der Waals surface area contributed by atoms with Crippen LogP contribution in [0.15, 0.2) is 0 Å². The lowest BCUT2D eigenvalue weighted by Crippen LogP contribution is -2.34. The first-order valence-corrected chi connectivity index (χ1v) is 15.8. The Labute approximate surface area is 218 Å². The molecule has 1 fully saturated rings. The zero-order valence-electron chi connectivity index (χ0n) is 23.6. The third-order valence-electron chi connectivity index (χ3n) is 7.50. The van der Waals surface area contributed by atoms with Gasteiger partial charge in [-0.3, -0.25) is 9.59 Å². The van der Waals surface area contributed by atoms with Crippen LogP contribution in [0, 0.1) is 0 Å². The Kier molecular flexibility index (Phi) is 21.3. The van der Waals surface area contributed by atoms with E-state index >= 15 is 0 Å². The minimum atomic E-state index is 0.160. The van der Waals surface area contributed by atoms with Crippen LogP contribution < -0.4 is 10.6 Å². The molecule has 0 aromatic rings. The molecule has 0 aliphatic heterocycles. The van der Waals surface area contributed by atoms with Crippen molar-refractivity contribution >= 4 is 11.8 Å². The summed E-state index contributed by atoms with van der Waals surface area (Å²) >= 11 is 0. The Morgan fingerprint density at radius 3 is 1.00 bits per heavy atom. The van der Waals surface area contributed by atoms with Crippen LogP contribution in [0.4, 0.5) is 0 Å². The molecule has 0 aromatic carbocycles. The molecular weight excluding hydrogens is 432 g/mol. The van der Waals surface area contributed by atoms with Gasteiger partial charge in [-0.25, -0.2) is 0 Å². The maximum atomic E-state index is 12.1. The Hall–Kier alpha value is -1.06. The van der Waals surface area contributed by atoms with Crippen molar-refractivity contribution in [3.05, 3.63) is 0 Å². The van der Waals surface area contributed by atoms with E-state index in [2.05, 4.69) is 24.5 Å². The maximum absolute atomic E-state index is 12.1. The van der Waals surface area contributed by atoms with Crippen molar-refractivity contribution in [1.29, 1.82) is 0 Å². The molecule has 1 aliphatic carbocycles. The van der Waals surface area contributed by atoms with Gasteiger partial charge in [-0.2, -0.15) is 0 Å². The number of hydrogen-bond acceptors (Lipinski definition) is 2. The van der Waals surface area contributed by atoms with Gasteiger partial charge in [-0.1, -0.05) is 142 Å². The number of hydrogen-bond donors (Lipinski definition) is 2. The molecule has 2 atom stereocenters. The smallest absolute Gasteiger partial charge is 0.220 e. The van der Waals surface area contributed by atoms with Gasteiger partial charge >= 0.3 is 0 Å². The Morgan fingerprint density at radius 1 is 0.457 bits per heavy atom. The van der Waals surface area contributed by atoms with E-state index in [1.807, 2.05) is 0 Å². The molecule has 0 bridgehead atoms. The van der Waals surface area contributed by atoms with Gasteiger partial charge in [-0.15, -0.1) is 0 Å². The molecule has 2 N–H and O–H groups in total. The lowest BCUT2D eigenvalue weighted by atomic mass is 10.1. The van der Waals surface area contributed by atoms with Crippen molar-refractivity contribution in [1.82, 2.24) is 10.6 Å². The molecule has 0 unspecified atom stereocenters. The molecule has 206 valence electrons. The lowest BCUT2D eigenvalue weighted by molar-refractivity contribution is -0.123. The molecule has 4 nitrogen and oxygen atoms in total. The monoisotopic (exact) mass is 492 g/mol. The van der Waals surface area contributed by atoms with Gasteiger partial charge in [0.05, 0.1) is 12.1 Å². The highest BCUT2D eigenvalue weighted by Gasteiger charge is 2.39. The van der Waals surface area contributed by atoms with Crippen LogP contribution in [0.3, 0.4) is 0 Å². The number of amides is 2. The van der Waals surface area contributed by atoms with Crippen LogP contribution in [0.25, 0.3) is 0 Å². The predicted molar refractivity (Wildman–Crippen MR) is 151 cm³/mol. The largest absolute Gasteiger partial charge is 0.351 e. The van der Waals surface area contributed by atoms with E-state index in [9.17, 15) is 9.59 Å². The predicted octanol–water partition coefficient (Wildman–Crippen LogP) is 8.76. The topological polar surface area (TPSA) is 58.2 Å². The molecule has 1 saturated carbocycles. The SMILES string of the molecule is CCCCCCCCCCCCCC(=O)N[C@H]1C[C@H]1NC(=O)CCCCCCCCCCCCC. The highest BCUT2D eigenvalue weighted by Crippen LogP contribution is 2.22. The third kappa shape index (κ3) is 20.8. The van der Waals surface area contributed by atoms with Crippen molar-refractivity contribution in [2.45, 2.75) is 186 Å².